The second-order valence-corrected chi connectivity index (χ2v) is 5.80. The smallest absolute Gasteiger partial charge is 0.226 e. The van der Waals surface area contributed by atoms with Gasteiger partial charge in [0.25, 0.3) is 0 Å². The summed E-state index contributed by atoms with van der Waals surface area (Å²) < 4.78 is 0. The molecule has 86 valence electrons. The van der Waals surface area contributed by atoms with Crippen LogP contribution < -0.4 is 10.6 Å². The Kier molecular flexibility index (Phi) is 2.75. The molecule has 2 aliphatic rings. The molecular weight excluding hydrogens is 188 g/mol. The molecule has 0 aromatic carbocycles. The first kappa shape index (κ1) is 10.9. The van der Waals surface area contributed by atoms with Crippen molar-refractivity contribution in [3.63, 3.8) is 0 Å². The van der Waals surface area contributed by atoms with Crippen molar-refractivity contribution in [2.45, 2.75) is 39.5 Å². The van der Waals surface area contributed by atoms with Crippen molar-refractivity contribution in [1.29, 1.82) is 0 Å². The van der Waals surface area contributed by atoms with E-state index < -0.39 is 0 Å². The summed E-state index contributed by atoms with van der Waals surface area (Å²) in [5.74, 6) is 0.261. The van der Waals surface area contributed by atoms with Gasteiger partial charge in [-0.15, -0.1) is 0 Å². The van der Waals surface area contributed by atoms with E-state index in [-0.39, 0.29) is 11.3 Å². The van der Waals surface area contributed by atoms with Gasteiger partial charge in [0.05, 0.1) is 0 Å². The maximum atomic E-state index is 12.1. The van der Waals surface area contributed by atoms with E-state index in [2.05, 4.69) is 24.5 Å². The highest BCUT2D eigenvalue weighted by Crippen LogP contribution is 2.44. The molecule has 1 saturated heterocycles. The molecule has 0 radical (unpaired) electrons. The Bertz CT molecular complexity index is 252. The highest BCUT2D eigenvalue weighted by atomic mass is 16.2. The van der Waals surface area contributed by atoms with Gasteiger partial charge < -0.3 is 10.6 Å². The Morgan fingerprint density at radius 1 is 1.20 bits per heavy atom. The maximum absolute atomic E-state index is 12.1. The molecule has 1 amide bonds. The minimum atomic E-state index is -0.128. The van der Waals surface area contributed by atoms with Crippen molar-refractivity contribution in [3.05, 3.63) is 0 Å². The molecule has 2 fully saturated rings. The van der Waals surface area contributed by atoms with Crippen LogP contribution in [0, 0.1) is 10.8 Å². The number of carbonyl (C=O) groups excluding carboxylic acids is 1. The Morgan fingerprint density at radius 2 is 1.80 bits per heavy atom. The molecule has 2 N–H and O–H groups in total. The molecule has 3 nitrogen and oxygen atoms in total. The second kappa shape index (κ2) is 3.78. The molecule has 1 aliphatic heterocycles. The van der Waals surface area contributed by atoms with E-state index in [0.29, 0.717) is 5.41 Å². The molecule has 0 aromatic rings. The van der Waals surface area contributed by atoms with E-state index in [1.807, 2.05) is 0 Å². The Morgan fingerprint density at radius 3 is 2.33 bits per heavy atom. The maximum Gasteiger partial charge on any atom is 0.226 e. The summed E-state index contributed by atoms with van der Waals surface area (Å²) in [6.07, 6.45) is 4.47. The minimum Gasteiger partial charge on any atom is -0.355 e. The topological polar surface area (TPSA) is 41.1 Å². The van der Waals surface area contributed by atoms with Crippen LogP contribution in [0.1, 0.15) is 39.5 Å². The predicted octanol–water partition coefficient (Wildman–Crippen LogP) is 1.29. The third-order valence-electron chi connectivity index (χ3n) is 4.03. The molecule has 0 unspecified atom stereocenters. The van der Waals surface area contributed by atoms with Gasteiger partial charge in [0.2, 0.25) is 5.91 Å². The molecule has 0 atom stereocenters. The minimum absolute atomic E-state index is 0.128. The zero-order valence-corrected chi connectivity index (χ0v) is 9.86. The number of piperidine rings is 1. The molecule has 0 spiro atoms. The fourth-order valence-corrected chi connectivity index (χ4v) is 2.10. The second-order valence-electron chi connectivity index (χ2n) is 5.80. The number of hydrogen-bond acceptors (Lipinski definition) is 2. The lowest BCUT2D eigenvalue weighted by Gasteiger charge is -2.33. The molecule has 0 aromatic heterocycles. The summed E-state index contributed by atoms with van der Waals surface area (Å²) in [7, 11) is 0. The van der Waals surface area contributed by atoms with Gasteiger partial charge in [0, 0.05) is 12.0 Å². The van der Waals surface area contributed by atoms with Crippen molar-refractivity contribution >= 4 is 5.91 Å². The molecule has 3 heteroatoms. The summed E-state index contributed by atoms with van der Waals surface area (Å²) in [5, 5.41) is 6.43. The van der Waals surface area contributed by atoms with Crippen LogP contribution in [-0.2, 0) is 4.79 Å². The highest BCUT2D eigenvalue weighted by molar-refractivity contribution is 5.82. The quantitative estimate of drug-likeness (QED) is 0.737. The van der Waals surface area contributed by atoms with E-state index in [4.69, 9.17) is 0 Å². The van der Waals surface area contributed by atoms with Crippen LogP contribution in [0.4, 0.5) is 0 Å². The molecule has 15 heavy (non-hydrogen) atoms. The van der Waals surface area contributed by atoms with Crippen LogP contribution >= 0.6 is 0 Å². The first-order valence-corrected chi connectivity index (χ1v) is 6.03. The first-order chi connectivity index (χ1) is 7.04. The van der Waals surface area contributed by atoms with E-state index in [1.165, 1.54) is 12.8 Å². The van der Waals surface area contributed by atoms with Crippen LogP contribution in [-0.4, -0.2) is 25.5 Å². The van der Waals surface area contributed by atoms with Crippen molar-refractivity contribution in [1.82, 2.24) is 10.6 Å². The summed E-state index contributed by atoms with van der Waals surface area (Å²) in [4.78, 5) is 12.1. The number of nitrogens with one attached hydrogen (secondary N) is 2. The lowest BCUT2D eigenvalue weighted by atomic mass is 9.80. The van der Waals surface area contributed by atoms with Crippen molar-refractivity contribution in [3.8, 4) is 0 Å². The standard InChI is InChI=1S/C12H22N2O/c1-11(3-4-11)9-14-10(15)12(2)5-7-13-8-6-12/h13H,3-9H2,1-2H3,(H,14,15). The van der Waals surface area contributed by atoms with Crippen LogP contribution in [0.5, 0.6) is 0 Å². The normalized spacial score (nSPS) is 27.1. The van der Waals surface area contributed by atoms with Gasteiger partial charge >= 0.3 is 0 Å². The summed E-state index contributed by atoms with van der Waals surface area (Å²) in [6, 6.07) is 0. The van der Waals surface area contributed by atoms with Gasteiger partial charge in [0.1, 0.15) is 0 Å². The molecule has 1 aliphatic carbocycles. The van der Waals surface area contributed by atoms with Crippen LogP contribution in [0.15, 0.2) is 0 Å². The monoisotopic (exact) mass is 210 g/mol. The van der Waals surface area contributed by atoms with Crippen molar-refractivity contribution in [2.75, 3.05) is 19.6 Å². The zero-order chi connectivity index (χ0) is 10.9. The van der Waals surface area contributed by atoms with E-state index in [0.717, 1.165) is 32.5 Å². The van der Waals surface area contributed by atoms with E-state index in [1.54, 1.807) is 0 Å². The Hall–Kier alpha value is -0.570. The third-order valence-corrected chi connectivity index (χ3v) is 4.03. The highest BCUT2D eigenvalue weighted by Gasteiger charge is 2.40. The van der Waals surface area contributed by atoms with Crippen molar-refractivity contribution in [2.24, 2.45) is 10.8 Å². The number of amides is 1. The number of rotatable bonds is 3. The van der Waals surface area contributed by atoms with Gasteiger partial charge in [-0.1, -0.05) is 13.8 Å². The average Bonchev–Trinajstić information content (AvgIpc) is 2.95. The first-order valence-electron chi connectivity index (χ1n) is 6.03. The zero-order valence-electron chi connectivity index (χ0n) is 9.86. The fourth-order valence-electron chi connectivity index (χ4n) is 2.10. The molecular formula is C12H22N2O. The lowest BCUT2D eigenvalue weighted by Crippen LogP contribution is -2.46. The van der Waals surface area contributed by atoms with E-state index in [9.17, 15) is 4.79 Å². The lowest BCUT2D eigenvalue weighted by molar-refractivity contribution is -0.131. The van der Waals surface area contributed by atoms with Crippen molar-refractivity contribution < 1.29 is 4.79 Å². The van der Waals surface area contributed by atoms with Gasteiger partial charge in [-0.05, 0) is 44.2 Å². The molecule has 1 heterocycles. The van der Waals surface area contributed by atoms with Gasteiger partial charge in [0.15, 0.2) is 0 Å². The van der Waals surface area contributed by atoms with Crippen LogP contribution in [0.25, 0.3) is 0 Å². The Labute approximate surface area is 92.0 Å². The molecule has 0 bridgehead atoms. The SMILES string of the molecule is CC1(CNC(=O)C2(C)CCNCC2)CC1. The summed E-state index contributed by atoms with van der Waals surface area (Å²) in [6.45, 7) is 7.16. The average molecular weight is 210 g/mol. The Balaban J connectivity index is 1.83. The fraction of sp³-hybridized carbons (Fsp3) is 0.917. The predicted molar refractivity (Wildman–Crippen MR) is 60.6 cm³/mol. The van der Waals surface area contributed by atoms with E-state index >= 15 is 0 Å². The largest absolute Gasteiger partial charge is 0.355 e. The summed E-state index contributed by atoms with van der Waals surface area (Å²) >= 11 is 0. The summed E-state index contributed by atoms with van der Waals surface area (Å²) in [5.41, 5.74) is 0.287. The van der Waals surface area contributed by atoms with Crippen LogP contribution in [0.2, 0.25) is 0 Å². The van der Waals surface area contributed by atoms with Gasteiger partial charge in [-0.3, -0.25) is 4.79 Å². The molecule has 2 rings (SSSR count). The van der Waals surface area contributed by atoms with Crippen LogP contribution in [0.3, 0.4) is 0 Å². The van der Waals surface area contributed by atoms with Gasteiger partial charge in [-0.2, -0.15) is 0 Å². The van der Waals surface area contributed by atoms with Gasteiger partial charge in [-0.25, -0.2) is 0 Å². The number of carbonyl (C=O) groups is 1. The third kappa shape index (κ3) is 2.51. The number of hydrogen-bond donors (Lipinski definition) is 2. The molecule has 1 saturated carbocycles.